The van der Waals surface area contributed by atoms with Gasteiger partial charge in [-0.2, -0.15) is 0 Å². The molecule has 6 aliphatic rings. The minimum Gasteiger partial charge on any atom is -0.507 e. The van der Waals surface area contributed by atoms with E-state index >= 15 is 4.79 Å². The van der Waals surface area contributed by atoms with Crippen LogP contribution in [0.5, 0.6) is 17.2 Å². The number of methoxy groups -OCH3 is 2. The average Bonchev–Trinajstić information content (AvgIpc) is 2.44. The highest BCUT2D eigenvalue weighted by atomic mass is 16.7. The van der Waals surface area contributed by atoms with Crippen LogP contribution in [0.15, 0.2) is 18.2 Å². The van der Waals surface area contributed by atoms with Crippen LogP contribution in [0, 0.1) is 11.8 Å². The predicted molar refractivity (Wildman–Crippen MR) is 287 cm³/mol. The third kappa shape index (κ3) is 14.3. The fraction of sp³-hybridized carbons (Fsp3) is 0.759. The Bertz CT molecular complexity index is 2620. The lowest BCUT2D eigenvalue weighted by Crippen LogP contribution is -2.59. The molecule has 0 saturated carbocycles. The van der Waals surface area contributed by atoms with Crippen molar-refractivity contribution in [1.82, 2.24) is 0 Å². The number of aliphatic hydroxyl groups is 6. The number of carbonyl (C=O) groups excluding carboxylic acids is 4. The van der Waals surface area contributed by atoms with Crippen LogP contribution in [-0.2, 0) is 82.4 Å². The van der Waals surface area contributed by atoms with Crippen molar-refractivity contribution in [3.8, 4) is 17.2 Å². The molecule has 26 heteroatoms. The van der Waals surface area contributed by atoms with Crippen LogP contribution in [0.2, 0.25) is 0 Å². The molecule has 1 unspecified atom stereocenters. The monoisotopic (exact) mass is 1200 g/mol. The van der Waals surface area contributed by atoms with Gasteiger partial charge >= 0.3 is 11.9 Å². The molecule has 5 aliphatic heterocycles. The van der Waals surface area contributed by atoms with Gasteiger partial charge in [0.05, 0.1) is 71.8 Å². The second kappa shape index (κ2) is 27.0. The van der Waals surface area contributed by atoms with Crippen molar-refractivity contribution in [2.75, 3.05) is 14.2 Å². The zero-order chi connectivity index (χ0) is 61.5. The number of benzene rings is 2. The highest BCUT2D eigenvalue weighted by Gasteiger charge is 2.53. The highest BCUT2D eigenvalue weighted by molar-refractivity contribution is 6.11. The summed E-state index contributed by atoms with van der Waals surface area (Å²) in [6, 6.07) is 4.18. The summed E-state index contributed by atoms with van der Waals surface area (Å²) < 4.78 is 84.3. The van der Waals surface area contributed by atoms with E-state index in [1.165, 1.54) is 60.1 Å². The Balaban J connectivity index is 1.01. The Kier molecular flexibility index (Phi) is 21.1. The number of rotatable bonds is 19. The van der Waals surface area contributed by atoms with Crippen molar-refractivity contribution >= 4 is 34.3 Å². The zero-order valence-electron chi connectivity index (χ0n) is 49.3. The molecular weight excluding hydrogens is 1110 g/mol. The Morgan fingerprint density at radius 2 is 1.25 bits per heavy atom. The van der Waals surface area contributed by atoms with E-state index in [4.69, 9.17) is 66.3 Å². The summed E-state index contributed by atoms with van der Waals surface area (Å²) >= 11 is 0. The van der Waals surface area contributed by atoms with Crippen molar-refractivity contribution in [3.63, 3.8) is 0 Å². The Morgan fingerprint density at radius 1 is 0.690 bits per heavy atom. The molecule has 5 fully saturated rings. The second-order valence-electron chi connectivity index (χ2n) is 23.7. The Hall–Kier alpha value is -4.30. The maximum absolute atomic E-state index is 15.1. The van der Waals surface area contributed by atoms with E-state index in [9.17, 15) is 55.2 Å². The third-order valence-corrected chi connectivity index (χ3v) is 16.7. The molecule has 0 radical (unpaired) electrons. The Labute approximate surface area is 486 Å². The first kappa shape index (κ1) is 65.7. The normalized spacial score (nSPS) is 39.5. The minimum atomic E-state index is -1.96. The summed E-state index contributed by atoms with van der Waals surface area (Å²) in [5.41, 5.74) is -1.66. The number of aromatic hydroxyl groups is 2. The molecule has 0 aromatic heterocycles. The quantitative estimate of drug-likeness (QED) is 0.0931. The van der Waals surface area contributed by atoms with Crippen LogP contribution in [0.25, 0.3) is 10.8 Å². The number of phenols is 2. The maximum Gasteiger partial charge on any atom is 0.308 e. The number of ketones is 2. The highest BCUT2D eigenvalue weighted by Crippen LogP contribution is 2.46. The first-order valence-corrected chi connectivity index (χ1v) is 28.7. The van der Waals surface area contributed by atoms with Crippen LogP contribution >= 0.6 is 0 Å². The van der Waals surface area contributed by atoms with Gasteiger partial charge in [0.2, 0.25) is 6.29 Å². The van der Waals surface area contributed by atoms with E-state index in [2.05, 4.69) is 0 Å². The number of ether oxygens (including phenoxy) is 14. The minimum absolute atomic E-state index is 0.0401. The number of hydrogen-bond donors (Lipinski definition) is 8. The number of esters is 2. The van der Waals surface area contributed by atoms with Gasteiger partial charge in [0.25, 0.3) is 0 Å². The molecule has 472 valence electrons. The molecule has 2 aromatic carbocycles. The number of fused-ring (bicyclic) bond motifs is 2. The molecule has 8 rings (SSSR count). The van der Waals surface area contributed by atoms with Gasteiger partial charge in [-0.15, -0.1) is 0 Å². The molecule has 26 nitrogen and oxygen atoms in total. The van der Waals surface area contributed by atoms with Gasteiger partial charge in [-0.3, -0.25) is 19.2 Å². The summed E-state index contributed by atoms with van der Waals surface area (Å²) in [5.74, 6) is -5.81. The first-order chi connectivity index (χ1) is 39.5. The van der Waals surface area contributed by atoms with Crippen molar-refractivity contribution in [3.05, 3.63) is 29.3 Å². The SMILES string of the molecule is CO[C@@H]1[C@H](O)C[C@@H](O[C@H]2[C@@H](C)O[C@@H](Oc3cc(O)c4c(O)c5c(cc4c3)C[C@@H]([C@H](OC)C(=O)[C@@H](O)[C@@H](C)O)[C@H](O[C@H]3C[C@@H](O[C@H]4CC(O[C@H]6C[C@](C)(O)[C@@H](OC(=O)C(C)C)[C@H](C)O6)[C@H](O)[C@@H](C)O4)[C@H](O)[C@@H](C)O3)C5=O)C[C@H]2OC(C)=O)O[C@@H]1C. The fourth-order valence-corrected chi connectivity index (χ4v) is 12.3. The van der Waals surface area contributed by atoms with Crippen LogP contribution in [0.4, 0.5) is 0 Å². The lowest BCUT2D eigenvalue weighted by Gasteiger charge is -2.47. The summed E-state index contributed by atoms with van der Waals surface area (Å²) in [5, 5.41) is 89.7. The smallest absolute Gasteiger partial charge is 0.308 e. The van der Waals surface area contributed by atoms with Gasteiger partial charge in [0.15, 0.2) is 42.8 Å². The molecule has 0 bridgehead atoms. The molecule has 1 aliphatic carbocycles. The number of carbonyl (C=O) groups is 4. The van der Waals surface area contributed by atoms with Gasteiger partial charge < -0.3 is 107 Å². The van der Waals surface area contributed by atoms with E-state index in [-0.39, 0.29) is 66.2 Å². The van der Waals surface area contributed by atoms with Crippen LogP contribution in [0.3, 0.4) is 0 Å². The fourth-order valence-electron chi connectivity index (χ4n) is 12.3. The topological polar surface area (TPSA) is 359 Å². The number of Topliss-reactive ketones (excluding diaryl/α,β-unsaturated/α-hetero) is 2. The molecule has 5 heterocycles. The van der Waals surface area contributed by atoms with Crippen LogP contribution in [-0.4, -0.2) is 225 Å². The van der Waals surface area contributed by atoms with Crippen molar-refractivity contribution in [2.45, 2.75) is 255 Å². The van der Waals surface area contributed by atoms with Crippen molar-refractivity contribution < 1.29 is 126 Å². The van der Waals surface area contributed by atoms with Crippen LogP contribution in [0.1, 0.15) is 117 Å². The van der Waals surface area contributed by atoms with Gasteiger partial charge in [-0.25, -0.2) is 0 Å². The molecule has 25 atom stereocenters. The number of phenolic OH excluding ortho intramolecular Hbond substituents is 2. The average molecular weight is 1200 g/mol. The zero-order valence-corrected chi connectivity index (χ0v) is 49.3. The second-order valence-corrected chi connectivity index (χ2v) is 23.7. The maximum atomic E-state index is 15.1. The molecule has 84 heavy (non-hydrogen) atoms. The number of hydrogen-bond acceptors (Lipinski definition) is 26. The van der Waals surface area contributed by atoms with Crippen molar-refractivity contribution in [1.29, 1.82) is 0 Å². The van der Waals surface area contributed by atoms with E-state index in [0.717, 1.165) is 0 Å². The van der Waals surface area contributed by atoms with Gasteiger partial charge in [0, 0.05) is 65.2 Å². The first-order valence-electron chi connectivity index (χ1n) is 28.7. The predicted octanol–water partition coefficient (Wildman–Crippen LogP) is 1.87. The molecule has 8 N–H and O–H groups in total. The largest absolute Gasteiger partial charge is 0.507 e. The third-order valence-electron chi connectivity index (χ3n) is 16.7. The molecule has 5 saturated heterocycles. The molecule has 0 amide bonds. The lowest BCUT2D eigenvalue weighted by atomic mass is 9.75. The summed E-state index contributed by atoms with van der Waals surface area (Å²) in [6.45, 7) is 15.5. The summed E-state index contributed by atoms with van der Waals surface area (Å²) in [7, 11) is 2.65. The van der Waals surface area contributed by atoms with Gasteiger partial charge in [0.1, 0.15) is 71.7 Å². The molecule has 2 aromatic rings. The van der Waals surface area contributed by atoms with Crippen LogP contribution < -0.4 is 4.74 Å². The Morgan fingerprint density at radius 3 is 1.82 bits per heavy atom. The van der Waals surface area contributed by atoms with Gasteiger partial charge in [-0.05, 0) is 78.0 Å². The number of aliphatic hydroxyl groups excluding tert-OH is 5. The van der Waals surface area contributed by atoms with E-state index in [1.54, 1.807) is 41.5 Å². The summed E-state index contributed by atoms with van der Waals surface area (Å²) in [6.07, 6.45) is -25.8. The van der Waals surface area contributed by atoms with E-state index in [1.807, 2.05) is 0 Å². The summed E-state index contributed by atoms with van der Waals surface area (Å²) in [4.78, 5) is 53.9. The standard InChI is InChI=1S/C58H84O26/c1-22(2)57(69)84-56-28(8)77-43(21-58(56,10)70)81-37-18-41(73-24(4)48(37)65)80-36-19-42(74-25(5)47(36)64)83-55-33(54(72-12)51(68)46(63)23(3)59)15-31-13-30-14-32(16-34(61)44(30)49(66)45(31)50(55)67)79-40-20-38(78-29(9)60)53(27(7)76-40)82-39-17-35(62)52(71-11)26(6)75-39/h13-14,16,22-28,33,35-43,46-48,52-56,59,61-66,70H,15,17-21H2,1-12H3/t23-,24-,25-,26-,27-,28+,33+,35-,36-,37?,38-,39-,40+,41+,42+,43+,46+,47-,48-,52+,53+,54+,55+,56+,58+/m1/s1. The van der Waals surface area contributed by atoms with Crippen molar-refractivity contribution in [2.24, 2.45) is 11.8 Å². The van der Waals surface area contributed by atoms with E-state index < -0.39 is 194 Å². The molecular formula is C58H84O26. The van der Waals surface area contributed by atoms with E-state index in [0.29, 0.717) is 0 Å². The lowest BCUT2D eigenvalue weighted by molar-refractivity contribution is -0.334. The van der Waals surface area contributed by atoms with Gasteiger partial charge in [-0.1, -0.05) is 13.8 Å². The molecule has 0 spiro atoms.